The van der Waals surface area contributed by atoms with Crippen LogP contribution >= 0.6 is 15.9 Å². The molecule has 0 fully saturated rings. The maximum atomic E-state index is 11.7. The molecule has 1 unspecified atom stereocenters. The van der Waals surface area contributed by atoms with E-state index in [9.17, 15) is 15.0 Å². The van der Waals surface area contributed by atoms with Gasteiger partial charge in [0.25, 0.3) is 5.91 Å². The molecule has 0 saturated carbocycles. The van der Waals surface area contributed by atoms with Crippen LogP contribution in [0.5, 0.6) is 5.75 Å². The fourth-order valence-electron chi connectivity index (χ4n) is 1.64. The van der Waals surface area contributed by atoms with Crippen molar-refractivity contribution in [1.82, 2.24) is 5.43 Å². The van der Waals surface area contributed by atoms with Gasteiger partial charge in [0.2, 0.25) is 0 Å². The third-order valence-electron chi connectivity index (χ3n) is 2.72. The minimum atomic E-state index is -1.28. The number of aromatic hydroxyl groups is 1. The van der Waals surface area contributed by atoms with Crippen LogP contribution in [0.1, 0.15) is 17.2 Å². The summed E-state index contributed by atoms with van der Waals surface area (Å²) in [5.74, 6) is -0.538. The first kappa shape index (κ1) is 15.2. The number of nitrogens with one attached hydrogen (secondary N) is 1. The highest BCUT2D eigenvalue weighted by Crippen LogP contribution is 2.20. The number of nitrogens with zero attached hydrogens (tertiary/aromatic N) is 1. The third-order valence-corrected chi connectivity index (χ3v) is 3.44. The largest absolute Gasteiger partial charge is 0.508 e. The molecule has 5 nitrogen and oxygen atoms in total. The van der Waals surface area contributed by atoms with Crippen molar-refractivity contribution >= 4 is 28.1 Å². The number of hydrazone groups is 1. The molecule has 2 aromatic carbocycles. The number of phenolic OH excluding ortho intramolecular Hbond substituents is 1. The van der Waals surface area contributed by atoms with Crippen molar-refractivity contribution < 1.29 is 15.0 Å². The Kier molecular flexibility index (Phi) is 5.08. The SMILES string of the molecule is O=C(NN=Cc1cc(O)ccc1Br)C(O)c1ccccc1. The zero-order chi connectivity index (χ0) is 15.2. The number of hydrogen-bond acceptors (Lipinski definition) is 4. The van der Waals surface area contributed by atoms with Crippen LogP contribution in [0, 0.1) is 0 Å². The Morgan fingerprint density at radius 1 is 1.24 bits per heavy atom. The summed E-state index contributed by atoms with van der Waals surface area (Å²) in [7, 11) is 0. The van der Waals surface area contributed by atoms with Gasteiger partial charge in [-0.05, 0) is 23.8 Å². The second-order valence-corrected chi connectivity index (χ2v) is 5.11. The minimum absolute atomic E-state index is 0.0929. The summed E-state index contributed by atoms with van der Waals surface area (Å²) >= 11 is 3.30. The van der Waals surface area contributed by atoms with Gasteiger partial charge in [-0.15, -0.1) is 0 Å². The Hall–Kier alpha value is -2.18. The van der Waals surface area contributed by atoms with E-state index in [4.69, 9.17) is 0 Å². The van der Waals surface area contributed by atoms with Gasteiger partial charge < -0.3 is 10.2 Å². The Bertz CT molecular complexity index is 659. The van der Waals surface area contributed by atoms with E-state index in [1.54, 1.807) is 36.4 Å². The first-order chi connectivity index (χ1) is 10.1. The number of rotatable bonds is 4. The number of carbonyl (C=O) groups is 1. The molecule has 21 heavy (non-hydrogen) atoms. The quantitative estimate of drug-likeness (QED) is 0.585. The highest BCUT2D eigenvalue weighted by molar-refractivity contribution is 9.10. The number of amides is 1. The molecule has 0 aliphatic rings. The van der Waals surface area contributed by atoms with Gasteiger partial charge in [-0.3, -0.25) is 4.79 Å². The number of hydrogen-bond donors (Lipinski definition) is 3. The van der Waals surface area contributed by atoms with Crippen LogP contribution < -0.4 is 5.43 Å². The molecule has 0 saturated heterocycles. The van der Waals surface area contributed by atoms with Crippen molar-refractivity contribution in [3.05, 3.63) is 64.1 Å². The van der Waals surface area contributed by atoms with Crippen LogP contribution in [0.25, 0.3) is 0 Å². The molecular weight excluding hydrogens is 336 g/mol. The van der Waals surface area contributed by atoms with E-state index in [0.717, 1.165) is 4.47 Å². The highest BCUT2D eigenvalue weighted by atomic mass is 79.9. The molecule has 2 aromatic rings. The van der Waals surface area contributed by atoms with E-state index < -0.39 is 12.0 Å². The zero-order valence-electron chi connectivity index (χ0n) is 10.9. The standard InChI is InChI=1S/C15H13BrN2O3/c16-13-7-6-12(19)8-11(13)9-17-18-15(21)14(20)10-4-2-1-3-5-10/h1-9,14,19-20H,(H,18,21). The lowest BCUT2D eigenvalue weighted by atomic mass is 10.1. The second-order valence-electron chi connectivity index (χ2n) is 4.25. The molecule has 1 atom stereocenters. The Morgan fingerprint density at radius 2 is 1.95 bits per heavy atom. The number of aliphatic hydroxyl groups is 1. The predicted molar refractivity (Wildman–Crippen MR) is 82.9 cm³/mol. The van der Waals surface area contributed by atoms with E-state index >= 15 is 0 Å². The first-order valence-electron chi connectivity index (χ1n) is 6.12. The Morgan fingerprint density at radius 3 is 2.67 bits per heavy atom. The molecule has 0 heterocycles. The molecular formula is C15H13BrN2O3. The van der Waals surface area contributed by atoms with Crippen LogP contribution in [0.3, 0.4) is 0 Å². The molecule has 3 N–H and O–H groups in total. The predicted octanol–water partition coefficient (Wildman–Crippen LogP) is 2.34. The zero-order valence-corrected chi connectivity index (χ0v) is 12.5. The molecule has 6 heteroatoms. The monoisotopic (exact) mass is 348 g/mol. The molecule has 0 aliphatic carbocycles. The van der Waals surface area contributed by atoms with Crippen molar-refractivity contribution in [3.8, 4) is 5.75 Å². The molecule has 0 aliphatic heterocycles. The molecule has 0 spiro atoms. The van der Waals surface area contributed by atoms with E-state index in [-0.39, 0.29) is 5.75 Å². The summed E-state index contributed by atoms with van der Waals surface area (Å²) < 4.78 is 0.724. The average Bonchev–Trinajstić information content (AvgIpc) is 2.50. The lowest BCUT2D eigenvalue weighted by Crippen LogP contribution is -2.25. The van der Waals surface area contributed by atoms with Gasteiger partial charge in [0.15, 0.2) is 6.10 Å². The second kappa shape index (κ2) is 7.01. The average molecular weight is 349 g/mol. The van der Waals surface area contributed by atoms with Crippen LogP contribution in [-0.2, 0) is 4.79 Å². The van der Waals surface area contributed by atoms with Gasteiger partial charge in [0.1, 0.15) is 5.75 Å². The van der Waals surface area contributed by atoms with Gasteiger partial charge in [-0.25, -0.2) is 5.43 Å². The van der Waals surface area contributed by atoms with Gasteiger partial charge >= 0.3 is 0 Å². The fraction of sp³-hybridized carbons (Fsp3) is 0.0667. The summed E-state index contributed by atoms with van der Waals surface area (Å²) in [5, 5.41) is 23.0. The molecule has 0 radical (unpaired) electrons. The van der Waals surface area contributed by atoms with Gasteiger partial charge in [0.05, 0.1) is 6.21 Å². The third kappa shape index (κ3) is 4.14. The molecule has 2 rings (SSSR count). The van der Waals surface area contributed by atoms with Crippen LogP contribution in [0.15, 0.2) is 58.1 Å². The number of phenols is 1. The fourth-order valence-corrected chi connectivity index (χ4v) is 1.99. The van der Waals surface area contributed by atoms with E-state index in [2.05, 4.69) is 26.5 Å². The number of aliphatic hydroxyl groups excluding tert-OH is 1. The van der Waals surface area contributed by atoms with Gasteiger partial charge in [-0.2, -0.15) is 5.10 Å². The highest BCUT2D eigenvalue weighted by Gasteiger charge is 2.15. The van der Waals surface area contributed by atoms with Crippen molar-refractivity contribution in [2.24, 2.45) is 5.10 Å². The number of halogens is 1. The van der Waals surface area contributed by atoms with Gasteiger partial charge in [-0.1, -0.05) is 46.3 Å². The van der Waals surface area contributed by atoms with Gasteiger partial charge in [0, 0.05) is 10.0 Å². The van der Waals surface area contributed by atoms with Crippen LogP contribution in [0.2, 0.25) is 0 Å². The molecule has 0 aromatic heterocycles. The lowest BCUT2D eigenvalue weighted by Gasteiger charge is -2.08. The normalized spacial score (nSPS) is 12.3. The lowest BCUT2D eigenvalue weighted by molar-refractivity contribution is -0.129. The van der Waals surface area contributed by atoms with Crippen LogP contribution in [0.4, 0.5) is 0 Å². The van der Waals surface area contributed by atoms with Crippen molar-refractivity contribution in [3.63, 3.8) is 0 Å². The molecule has 0 bridgehead atoms. The van der Waals surface area contributed by atoms with Crippen molar-refractivity contribution in [2.45, 2.75) is 6.10 Å². The summed E-state index contributed by atoms with van der Waals surface area (Å²) in [6.45, 7) is 0. The first-order valence-corrected chi connectivity index (χ1v) is 6.91. The molecule has 1 amide bonds. The smallest absolute Gasteiger partial charge is 0.273 e. The van der Waals surface area contributed by atoms with E-state index in [0.29, 0.717) is 11.1 Å². The topological polar surface area (TPSA) is 81.9 Å². The summed E-state index contributed by atoms with van der Waals surface area (Å²) in [6.07, 6.45) is 0.0929. The van der Waals surface area contributed by atoms with E-state index in [1.165, 1.54) is 18.3 Å². The molecule has 108 valence electrons. The minimum Gasteiger partial charge on any atom is -0.508 e. The van der Waals surface area contributed by atoms with E-state index in [1.807, 2.05) is 0 Å². The summed E-state index contributed by atoms with van der Waals surface area (Å²) in [5.41, 5.74) is 3.35. The summed E-state index contributed by atoms with van der Waals surface area (Å²) in [4.78, 5) is 11.7. The Balaban J connectivity index is 2.01. The summed E-state index contributed by atoms with van der Waals surface area (Å²) in [6, 6.07) is 13.3. The number of carbonyl (C=O) groups excluding carboxylic acids is 1. The maximum Gasteiger partial charge on any atom is 0.273 e. The maximum absolute atomic E-state index is 11.7. The Labute approximate surface area is 130 Å². The van der Waals surface area contributed by atoms with Crippen molar-refractivity contribution in [1.29, 1.82) is 0 Å². The number of benzene rings is 2. The van der Waals surface area contributed by atoms with Crippen molar-refractivity contribution in [2.75, 3.05) is 0 Å². The van der Waals surface area contributed by atoms with Crippen LogP contribution in [-0.4, -0.2) is 22.3 Å².